The largest absolute Gasteiger partial charge is 0.346 e. The molecule has 0 aromatic rings. The summed E-state index contributed by atoms with van der Waals surface area (Å²) in [5.41, 5.74) is 6.50. The van der Waals surface area contributed by atoms with E-state index >= 15 is 0 Å². The summed E-state index contributed by atoms with van der Waals surface area (Å²) in [6.07, 6.45) is 40.0. The summed E-state index contributed by atoms with van der Waals surface area (Å²) in [5, 5.41) is 0. The average Bonchev–Trinajstić information content (AvgIpc) is 3.27. The van der Waals surface area contributed by atoms with Gasteiger partial charge in [-0.2, -0.15) is 0 Å². The van der Waals surface area contributed by atoms with Gasteiger partial charge in [0.25, 0.3) is 0 Å². The van der Waals surface area contributed by atoms with Crippen LogP contribution < -0.4 is 5.73 Å². The smallest absolute Gasteiger partial charge is 0.291 e. The monoisotopic (exact) mass is 535 g/mol. The first-order valence-electron chi connectivity index (χ1n) is 17.9. The van der Waals surface area contributed by atoms with Gasteiger partial charge in [-0.15, -0.1) is 0 Å². The second kappa shape index (κ2) is 27.8. The topological polar surface area (TPSA) is 32.3 Å². The Labute approximate surface area is 240 Å². The average molecular weight is 535 g/mol. The van der Waals surface area contributed by atoms with E-state index in [1.165, 1.54) is 193 Å². The predicted molar refractivity (Wildman–Crippen MR) is 171 cm³/mol. The number of hydrogen-bond acceptors (Lipinski definition) is 2. The third kappa shape index (κ3) is 21.1. The zero-order valence-electron chi connectivity index (χ0n) is 26.6. The van der Waals surface area contributed by atoms with Gasteiger partial charge in [-0.25, -0.2) is 0 Å². The van der Waals surface area contributed by atoms with Crippen LogP contribution >= 0.6 is 0 Å². The molecule has 2 N–H and O–H groups in total. The van der Waals surface area contributed by atoms with E-state index in [9.17, 15) is 0 Å². The zero-order chi connectivity index (χ0) is 27.4. The number of nitrogens with zero attached hydrogens (tertiary/aromatic N) is 2. The molecule has 38 heavy (non-hydrogen) atoms. The molecule has 0 fully saturated rings. The number of unbranched alkanes of at least 4 members (excludes halogenated alkanes) is 26. The first-order chi connectivity index (χ1) is 18.8. The van der Waals surface area contributed by atoms with Crippen molar-refractivity contribution in [2.75, 3.05) is 26.2 Å². The first kappa shape index (κ1) is 35.3. The third-order valence-electron chi connectivity index (χ3n) is 8.85. The SMILES string of the molecule is CCCCCCCCCCCCCCCCN1CC[N+](CCCCCCCCCCCCCCCC)=C1N. The Morgan fingerprint density at radius 2 is 0.789 bits per heavy atom. The van der Waals surface area contributed by atoms with Crippen LogP contribution in [-0.4, -0.2) is 41.6 Å². The van der Waals surface area contributed by atoms with E-state index in [0.29, 0.717) is 0 Å². The van der Waals surface area contributed by atoms with Crippen molar-refractivity contribution in [2.45, 2.75) is 194 Å². The summed E-state index contributed by atoms with van der Waals surface area (Å²) in [7, 11) is 0. The third-order valence-corrected chi connectivity index (χ3v) is 8.85. The normalized spacial score (nSPS) is 13.8. The Bertz CT molecular complexity index is 515. The fourth-order valence-electron chi connectivity index (χ4n) is 6.12. The van der Waals surface area contributed by atoms with Crippen LogP contribution in [0.25, 0.3) is 0 Å². The van der Waals surface area contributed by atoms with Gasteiger partial charge in [0.05, 0.1) is 26.2 Å². The van der Waals surface area contributed by atoms with E-state index in [1.807, 2.05) is 0 Å². The molecular formula is C35H72N3+. The van der Waals surface area contributed by atoms with Crippen LogP contribution in [0.4, 0.5) is 0 Å². The van der Waals surface area contributed by atoms with E-state index in [0.717, 1.165) is 19.0 Å². The van der Waals surface area contributed by atoms with E-state index < -0.39 is 0 Å². The Balaban J connectivity index is 1.86. The lowest BCUT2D eigenvalue weighted by Crippen LogP contribution is -2.37. The molecule has 226 valence electrons. The minimum absolute atomic E-state index is 1.06. The molecule has 1 aliphatic rings. The Kier molecular flexibility index (Phi) is 25.8. The van der Waals surface area contributed by atoms with Crippen molar-refractivity contribution < 1.29 is 4.58 Å². The summed E-state index contributed by atoms with van der Waals surface area (Å²) in [4.78, 5) is 2.45. The maximum absolute atomic E-state index is 6.50. The van der Waals surface area contributed by atoms with Gasteiger partial charge < -0.3 is 0 Å². The van der Waals surface area contributed by atoms with Crippen molar-refractivity contribution in [2.24, 2.45) is 5.73 Å². The molecule has 0 aromatic heterocycles. The highest BCUT2D eigenvalue weighted by Crippen LogP contribution is 2.15. The zero-order valence-corrected chi connectivity index (χ0v) is 26.6. The van der Waals surface area contributed by atoms with Crippen LogP contribution in [0.1, 0.15) is 194 Å². The molecule has 0 bridgehead atoms. The molecule has 0 spiro atoms. The summed E-state index contributed by atoms with van der Waals surface area (Å²) >= 11 is 0. The van der Waals surface area contributed by atoms with E-state index in [1.54, 1.807) is 0 Å². The lowest BCUT2D eigenvalue weighted by atomic mass is 10.0. The minimum atomic E-state index is 1.06. The quantitative estimate of drug-likeness (QED) is 0.0734. The maximum Gasteiger partial charge on any atom is 0.346 e. The number of nitrogens with two attached hydrogens (primary N) is 1. The molecule has 0 saturated heterocycles. The lowest BCUT2D eigenvalue weighted by molar-refractivity contribution is -0.519. The fraction of sp³-hybridized carbons (Fsp3) is 0.971. The van der Waals surface area contributed by atoms with Gasteiger partial charge in [-0.1, -0.05) is 181 Å². The molecule has 0 aliphatic carbocycles. The van der Waals surface area contributed by atoms with Gasteiger partial charge in [0.2, 0.25) is 0 Å². The van der Waals surface area contributed by atoms with Crippen molar-refractivity contribution in [3.8, 4) is 0 Å². The number of hydrogen-bond donors (Lipinski definition) is 1. The molecule has 0 atom stereocenters. The molecule has 0 amide bonds. The molecular weight excluding hydrogens is 462 g/mol. The van der Waals surface area contributed by atoms with Crippen LogP contribution in [0.2, 0.25) is 0 Å². The van der Waals surface area contributed by atoms with E-state index in [2.05, 4.69) is 23.3 Å². The van der Waals surface area contributed by atoms with Crippen molar-refractivity contribution in [3.63, 3.8) is 0 Å². The Hall–Kier alpha value is -0.730. The van der Waals surface area contributed by atoms with E-state index in [-0.39, 0.29) is 0 Å². The van der Waals surface area contributed by atoms with Gasteiger partial charge in [-0.05, 0) is 12.8 Å². The fourth-order valence-corrected chi connectivity index (χ4v) is 6.12. The summed E-state index contributed by atoms with van der Waals surface area (Å²) < 4.78 is 2.45. The van der Waals surface area contributed by atoms with Gasteiger partial charge in [0, 0.05) is 0 Å². The molecule has 1 aliphatic heterocycles. The second-order valence-electron chi connectivity index (χ2n) is 12.5. The van der Waals surface area contributed by atoms with Gasteiger partial charge in [-0.3, -0.25) is 15.2 Å². The minimum Gasteiger partial charge on any atom is -0.291 e. The predicted octanol–water partition coefficient (Wildman–Crippen LogP) is 10.6. The molecule has 1 rings (SSSR count). The summed E-state index contributed by atoms with van der Waals surface area (Å²) in [6, 6.07) is 0. The number of guanidine groups is 1. The Morgan fingerprint density at radius 3 is 1.16 bits per heavy atom. The van der Waals surface area contributed by atoms with Crippen LogP contribution in [0.3, 0.4) is 0 Å². The van der Waals surface area contributed by atoms with E-state index in [4.69, 9.17) is 5.73 Å². The van der Waals surface area contributed by atoms with Gasteiger partial charge in [0.15, 0.2) is 0 Å². The molecule has 0 unspecified atom stereocenters. The lowest BCUT2D eigenvalue weighted by Gasteiger charge is -2.11. The standard InChI is InChI=1S/C35H71N3/c1-3-5-7-9-11-13-15-17-19-21-23-25-27-29-31-37-33-34-38(35(37)36)32-30-28-26-24-22-20-18-16-14-12-10-8-6-4-2/h36H,3-34H2,1-2H3/p+1. The van der Waals surface area contributed by atoms with Crippen LogP contribution in [0.15, 0.2) is 0 Å². The second-order valence-corrected chi connectivity index (χ2v) is 12.5. The van der Waals surface area contributed by atoms with Crippen molar-refractivity contribution in [3.05, 3.63) is 0 Å². The molecule has 3 nitrogen and oxygen atoms in total. The van der Waals surface area contributed by atoms with Gasteiger partial charge in [0.1, 0.15) is 0 Å². The van der Waals surface area contributed by atoms with Crippen LogP contribution in [0.5, 0.6) is 0 Å². The Morgan fingerprint density at radius 1 is 0.474 bits per heavy atom. The van der Waals surface area contributed by atoms with Crippen LogP contribution in [0, 0.1) is 0 Å². The molecule has 1 heterocycles. The summed E-state index contributed by atoms with van der Waals surface area (Å²) in [5.74, 6) is 1.06. The van der Waals surface area contributed by atoms with Crippen molar-refractivity contribution >= 4 is 5.96 Å². The van der Waals surface area contributed by atoms with Crippen molar-refractivity contribution in [1.82, 2.24) is 4.90 Å². The maximum atomic E-state index is 6.50. The van der Waals surface area contributed by atoms with Gasteiger partial charge >= 0.3 is 5.96 Å². The van der Waals surface area contributed by atoms with Crippen molar-refractivity contribution in [1.29, 1.82) is 0 Å². The highest BCUT2D eigenvalue weighted by Gasteiger charge is 2.25. The number of rotatable bonds is 30. The molecule has 0 radical (unpaired) electrons. The molecule has 0 saturated carbocycles. The molecule has 3 heteroatoms. The first-order valence-corrected chi connectivity index (χ1v) is 17.9. The molecule has 0 aromatic carbocycles. The summed E-state index contributed by atoms with van der Waals surface area (Å²) in [6.45, 7) is 9.22. The highest BCUT2D eigenvalue weighted by atomic mass is 15.3. The highest BCUT2D eigenvalue weighted by molar-refractivity contribution is 5.73. The van der Waals surface area contributed by atoms with Crippen LogP contribution in [-0.2, 0) is 0 Å².